The first-order valence-electron chi connectivity index (χ1n) is 8.76. The van der Waals surface area contributed by atoms with E-state index in [0.717, 1.165) is 12.5 Å². The summed E-state index contributed by atoms with van der Waals surface area (Å²) >= 11 is 6.25. The Morgan fingerprint density at radius 2 is 1.12 bits per heavy atom. The number of ketones is 2. The van der Waals surface area contributed by atoms with Gasteiger partial charge in [0.05, 0.1) is 15.4 Å². The monoisotopic (exact) mass is 606 g/mol. The molecule has 0 fully saturated rings. The van der Waals surface area contributed by atoms with Gasteiger partial charge in [0.2, 0.25) is 0 Å². The van der Waals surface area contributed by atoms with Gasteiger partial charge in [0.25, 0.3) is 0 Å². The molecule has 7 nitrogen and oxygen atoms in total. The van der Waals surface area contributed by atoms with Gasteiger partial charge in [-0.3, -0.25) is 14.4 Å². The first-order valence-corrected chi connectivity index (χ1v) is 14.1. The summed E-state index contributed by atoms with van der Waals surface area (Å²) in [6.45, 7) is 2.63. The van der Waals surface area contributed by atoms with E-state index in [1.54, 1.807) is 12.1 Å². The molecule has 0 aliphatic heterocycles. The lowest BCUT2D eigenvalue weighted by molar-refractivity contribution is -0.119. The van der Waals surface area contributed by atoms with Gasteiger partial charge in [0.15, 0.2) is 31.2 Å². The molecular weight excluding hydrogens is 588 g/mol. The fraction of sp³-hybridized carbons (Fsp3) is 0.190. The zero-order valence-corrected chi connectivity index (χ0v) is 22.4. The third-order valence-corrected chi connectivity index (χ3v) is 8.06. The number of hydrogen-bond acceptors (Lipinski definition) is 7. The molecule has 2 aromatic carbocycles. The van der Waals surface area contributed by atoms with E-state index in [0.29, 0.717) is 26.4 Å². The average Bonchev–Trinajstić information content (AvgIpc) is 2.64. The third kappa shape index (κ3) is 8.19. The molecule has 0 unspecified atom stereocenters. The van der Waals surface area contributed by atoms with Crippen molar-refractivity contribution in [1.82, 2.24) is 0 Å². The van der Waals surface area contributed by atoms with E-state index in [-0.39, 0.29) is 26.9 Å². The van der Waals surface area contributed by atoms with Crippen molar-refractivity contribution >= 4 is 75.5 Å². The number of carbonyl (C=O) groups excluding carboxylic acids is 3. The minimum Gasteiger partial charge on any atom is -0.298 e. The van der Waals surface area contributed by atoms with Crippen molar-refractivity contribution in [3.8, 4) is 0 Å². The van der Waals surface area contributed by atoms with Crippen molar-refractivity contribution in [2.24, 2.45) is 0 Å². The summed E-state index contributed by atoms with van der Waals surface area (Å²) in [6, 6.07) is 8.89. The molecule has 0 radical (unpaired) electrons. The highest BCUT2D eigenvalue weighted by Gasteiger charge is 2.14. The Labute approximate surface area is 204 Å². The maximum atomic E-state index is 11.5. The molecule has 0 N–H and O–H groups in total. The van der Waals surface area contributed by atoms with Gasteiger partial charge >= 0.3 is 0 Å². The van der Waals surface area contributed by atoms with Crippen molar-refractivity contribution < 1.29 is 31.2 Å². The van der Waals surface area contributed by atoms with E-state index in [9.17, 15) is 31.2 Å². The maximum Gasteiger partial charge on any atom is 0.176 e. The summed E-state index contributed by atoms with van der Waals surface area (Å²) in [7, 11) is -6.53. The Bertz CT molecular complexity index is 1290. The molecule has 0 atom stereocenters. The minimum atomic E-state index is -3.31. The van der Waals surface area contributed by atoms with Crippen molar-refractivity contribution in [3.63, 3.8) is 0 Å². The third-order valence-electron chi connectivity index (χ3n) is 3.92. The van der Waals surface area contributed by atoms with Gasteiger partial charge in [-0.05, 0) is 81.6 Å². The summed E-state index contributed by atoms with van der Waals surface area (Å²) in [5.74, 6) is -0.647. The van der Waals surface area contributed by atoms with Gasteiger partial charge in [-0.1, -0.05) is 12.1 Å². The van der Waals surface area contributed by atoms with Crippen LogP contribution in [0.25, 0.3) is 6.08 Å². The van der Waals surface area contributed by atoms with Crippen LogP contribution in [0.3, 0.4) is 0 Å². The Morgan fingerprint density at radius 1 is 0.750 bits per heavy atom. The van der Waals surface area contributed by atoms with Crippen LogP contribution in [0.4, 0.5) is 0 Å². The summed E-state index contributed by atoms with van der Waals surface area (Å²) in [5, 5.41) is 0. The van der Waals surface area contributed by atoms with Gasteiger partial charge in [0.1, 0.15) is 6.29 Å². The van der Waals surface area contributed by atoms with Gasteiger partial charge in [0, 0.05) is 27.0 Å². The summed E-state index contributed by atoms with van der Waals surface area (Å²) in [6.07, 6.45) is 4.34. The second-order valence-corrected chi connectivity index (χ2v) is 12.4. The molecule has 2 aromatic rings. The lowest BCUT2D eigenvalue weighted by Crippen LogP contribution is -2.05. The van der Waals surface area contributed by atoms with Crippen molar-refractivity contribution in [3.05, 3.63) is 62.0 Å². The predicted octanol–water partition coefficient (Wildman–Crippen LogP) is 4.08. The number of benzene rings is 2. The smallest absolute Gasteiger partial charge is 0.176 e. The molecular formula is C21H20Br2O7S2. The molecule has 0 aliphatic carbocycles. The molecule has 0 saturated heterocycles. The molecule has 2 rings (SSSR count). The van der Waals surface area contributed by atoms with Crippen molar-refractivity contribution in [1.29, 1.82) is 0 Å². The van der Waals surface area contributed by atoms with Crippen LogP contribution >= 0.6 is 31.9 Å². The largest absolute Gasteiger partial charge is 0.298 e. The topological polar surface area (TPSA) is 119 Å². The van der Waals surface area contributed by atoms with Crippen LogP contribution in [-0.4, -0.2) is 47.2 Å². The molecule has 0 saturated carbocycles. The minimum absolute atomic E-state index is 0.0824. The maximum absolute atomic E-state index is 11.5. The van der Waals surface area contributed by atoms with Crippen LogP contribution in [0, 0.1) is 0 Å². The molecule has 0 heterocycles. The average molecular weight is 608 g/mol. The van der Waals surface area contributed by atoms with Gasteiger partial charge in [-0.25, -0.2) is 16.8 Å². The van der Waals surface area contributed by atoms with E-state index >= 15 is 0 Å². The van der Waals surface area contributed by atoms with Crippen LogP contribution in [0.1, 0.15) is 29.8 Å². The van der Waals surface area contributed by atoms with Crippen LogP contribution in [0.15, 0.2) is 60.7 Å². The quantitative estimate of drug-likeness (QED) is 0.210. The molecule has 0 bridgehead atoms. The SMILES string of the molecule is CC(=O)C(=Cc1ccc(S(C)(=O)=O)c(Br)c1)C(C)=O.CS(=O)(=O)c1ccc(C=O)cc1Br. The zero-order chi connectivity index (χ0) is 24.9. The standard InChI is InChI=1S/C13H13BrO4S.C8H7BrO3S/c1-8(15)11(9(2)16)6-10-4-5-13(12(14)7-10)19(3,17)18;1-13(11,12)8-3-2-6(5-10)4-7(8)9/h4-7H,1-3H3;2-5H,1H3. The number of sulfone groups is 2. The van der Waals surface area contributed by atoms with Gasteiger partial charge < -0.3 is 0 Å². The number of rotatable bonds is 6. The fourth-order valence-corrected chi connectivity index (χ4v) is 6.43. The number of carbonyl (C=O) groups is 3. The normalized spacial score (nSPS) is 11.1. The highest BCUT2D eigenvalue weighted by Crippen LogP contribution is 2.24. The fourth-order valence-electron chi connectivity index (χ4n) is 2.42. The highest BCUT2D eigenvalue weighted by atomic mass is 79.9. The summed E-state index contributed by atoms with van der Waals surface area (Å²) in [4.78, 5) is 33.3. The molecule has 32 heavy (non-hydrogen) atoms. The van der Waals surface area contributed by atoms with Crippen molar-refractivity contribution in [2.75, 3.05) is 12.5 Å². The second-order valence-electron chi connectivity index (χ2n) is 6.71. The summed E-state index contributed by atoms with van der Waals surface area (Å²) in [5.41, 5.74) is 1.11. The first kappa shape index (κ1) is 28.1. The number of Topliss-reactive ketones (excluding diaryl/α,β-unsaturated/α-hetero) is 2. The van der Waals surface area contributed by atoms with E-state index in [4.69, 9.17) is 0 Å². The molecule has 0 amide bonds. The highest BCUT2D eigenvalue weighted by molar-refractivity contribution is 9.10. The molecule has 0 spiro atoms. The Hall–Kier alpha value is -1.95. The van der Waals surface area contributed by atoms with Gasteiger partial charge in [-0.2, -0.15) is 0 Å². The van der Waals surface area contributed by atoms with Crippen LogP contribution in [0.2, 0.25) is 0 Å². The molecule has 172 valence electrons. The van der Waals surface area contributed by atoms with Crippen LogP contribution in [0.5, 0.6) is 0 Å². The van der Waals surface area contributed by atoms with E-state index in [2.05, 4.69) is 31.9 Å². The second kappa shape index (κ2) is 11.3. The van der Waals surface area contributed by atoms with Crippen LogP contribution in [-0.2, 0) is 29.3 Å². The number of aldehydes is 1. The number of halogens is 2. The summed E-state index contributed by atoms with van der Waals surface area (Å²) < 4.78 is 46.0. The predicted molar refractivity (Wildman–Crippen MR) is 129 cm³/mol. The number of hydrogen-bond donors (Lipinski definition) is 0. The zero-order valence-electron chi connectivity index (χ0n) is 17.5. The Balaban J connectivity index is 0.000000343. The first-order chi connectivity index (χ1) is 14.6. The van der Waals surface area contributed by atoms with E-state index in [1.807, 2.05) is 0 Å². The van der Waals surface area contributed by atoms with E-state index < -0.39 is 19.7 Å². The van der Waals surface area contributed by atoms with Crippen molar-refractivity contribution in [2.45, 2.75) is 23.6 Å². The molecule has 0 aromatic heterocycles. The molecule has 0 aliphatic rings. The molecule has 11 heteroatoms. The Kier molecular flexibility index (Phi) is 9.88. The van der Waals surface area contributed by atoms with Gasteiger partial charge in [-0.15, -0.1) is 0 Å². The lowest BCUT2D eigenvalue weighted by Gasteiger charge is -2.04. The van der Waals surface area contributed by atoms with E-state index in [1.165, 1.54) is 44.2 Å². The number of allylic oxidation sites excluding steroid dienone is 1. The Morgan fingerprint density at radius 3 is 1.44 bits per heavy atom. The lowest BCUT2D eigenvalue weighted by atomic mass is 10.0. The van der Waals surface area contributed by atoms with Crippen LogP contribution < -0.4 is 0 Å².